The topological polar surface area (TPSA) is 55.2 Å². The second-order valence-corrected chi connectivity index (χ2v) is 7.41. The van der Waals surface area contributed by atoms with Crippen LogP contribution in [0.4, 0.5) is 4.39 Å². The summed E-state index contributed by atoms with van der Waals surface area (Å²) in [6.07, 6.45) is 5.15. The second-order valence-electron chi connectivity index (χ2n) is 5.51. The van der Waals surface area contributed by atoms with Crippen molar-refractivity contribution in [1.82, 2.24) is 14.1 Å². The van der Waals surface area contributed by atoms with Crippen molar-refractivity contribution in [3.05, 3.63) is 48.5 Å². The van der Waals surface area contributed by atoms with Crippen LogP contribution in [-0.4, -0.2) is 35.6 Å². The van der Waals surface area contributed by atoms with Crippen LogP contribution in [0.15, 0.2) is 47.6 Å². The highest BCUT2D eigenvalue weighted by Gasteiger charge is 2.31. The van der Waals surface area contributed by atoms with E-state index in [1.54, 1.807) is 12.3 Å². The van der Waals surface area contributed by atoms with E-state index in [0.29, 0.717) is 19.0 Å². The van der Waals surface area contributed by atoms with Crippen molar-refractivity contribution >= 4 is 10.0 Å². The van der Waals surface area contributed by atoms with Gasteiger partial charge >= 0.3 is 0 Å². The Hall–Kier alpha value is -1.73. The van der Waals surface area contributed by atoms with E-state index in [1.165, 1.54) is 22.5 Å². The fourth-order valence-electron chi connectivity index (χ4n) is 2.80. The van der Waals surface area contributed by atoms with Crippen molar-refractivity contribution in [1.29, 1.82) is 0 Å². The Bertz CT molecular complexity index is 723. The lowest BCUT2D eigenvalue weighted by Crippen LogP contribution is -2.39. The van der Waals surface area contributed by atoms with E-state index in [9.17, 15) is 12.8 Å². The summed E-state index contributed by atoms with van der Waals surface area (Å²) < 4.78 is 42.0. The second kappa shape index (κ2) is 6.18. The van der Waals surface area contributed by atoms with Gasteiger partial charge in [0.1, 0.15) is 10.7 Å². The van der Waals surface area contributed by atoms with Gasteiger partial charge in [0.2, 0.25) is 10.0 Å². The van der Waals surface area contributed by atoms with Crippen LogP contribution in [0.1, 0.15) is 12.8 Å². The molecule has 5 nitrogen and oxygen atoms in total. The van der Waals surface area contributed by atoms with Gasteiger partial charge in [-0.2, -0.15) is 9.40 Å². The minimum absolute atomic E-state index is 0.236. The molecule has 7 heteroatoms. The number of nitrogens with zero attached hydrogens (tertiary/aromatic N) is 3. The zero-order valence-corrected chi connectivity index (χ0v) is 12.9. The van der Waals surface area contributed by atoms with Crippen LogP contribution in [0.5, 0.6) is 0 Å². The molecule has 0 atom stereocenters. The molecule has 1 aromatic heterocycles. The fraction of sp³-hybridized carbons (Fsp3) is 0.400. The van der Waals surface area contributed by atoms with Crippen LogP contribution in [0.3, 0.4) is 0 Å². The first-order valence-corrected chi connectivity index (χ1v) is 8.73. The van der Waals surface area contributed by atoms with Crippen molar-refractivity contribution in [2.24, 2.45) is 5.92 Å². The van der Waals surface area contributed by atoms with Gasteiger partial charge in [-0.1, -0.05) is 12.1 Å². The minimum Gasteiger partial charge on any atom is -0.272 e. The number of piperidine rings is 1. The summed E-state index contributed by atoms with van der Waals surface area (Å²) in [5, 5.41) is 4.17. The summed E-state index contributed by atoms with van der Waals surface area (Å²) in [5.41, 5.74) is 0. The van der Waals surface area contributed by atoms with Crippen LogP contribution in [-0.2, 0) is 16.6 Å². The maximum Gasteiger partial charge on any atom is 0.245 e. The smallest absolute Gasteiger partial charge is 0.245 e. The van der Waals surface area contributed by atoms with E-state index < -0.39 is 15.8 Å². The Balaban J connectivity index is 1.67. The standard InChI is InChI=1S/C15H18FN3O2S/c16-14-4-1-2-5-15(14)22(20,21)19-10-6-13(7-11-19)12-18-9-3-8-17-18/h1-5,8-9,13H,6-7,10-12H2. The van der Waals surface area contributed by atoms with Crippen molar-refractivity contribution in [3.63, 3.8) is 0 Å². The van der Waals surface area contributed by atoms with Gasteiger partial charge in [0, 0.05) is 32.0 Å². The van der Waals surface area contributed by atoms with Crippen LogP contribution in [0.2, 0.25) is 0 Å². The number of aromatic nitrogens is 2. The fourth-order valence-corrected chi connectivity index (χ4v) is 4.33. The zero-order valence-electron chi connectivity index (χ0n) is 12.1. The number of hydrogen-bond donors (Lipinski definition) is 0. The third kappa shape index (κ3) is 3.05. The van der Waals surface area contributed by atoms with Gasteiger partial charge in [-0.3, -0.25) is 4.68 Å². The van der Waals surface area contributed by atoms with Crippen molar-refractivity contribution < 1.29 is 12.8 Å². The molecule has 2 heterocycles. The lowest BCUT2D eigenvalue weighted by Gasteiger charge is -2.31. The molecule has 22 heavy (non-hydrogen) atoms. The minimum atomic E-state index is -3.74. The van der Waals surface area contributed by atoms with E-state index in [2.05, 4.69) is 5.10 Å². The Kier molecular flexibility index (Phi) is 4.26. The largest absolute Gasteiger partial charge is 0.272 e. The molecule has 118 valence electrons. The number of benzene rings is 1. The average Bonchev–Trinajstić information content (AvgIpc) is 3.01. The molecule has 0 radical (unpaired) electrons. The summed E-state index contributed by atoms with van der Waals surface area (Å²) in [6, 6.07) is 7.40. The lowest BCUT2D eigenvalue weighted by molar-refractivity contribution is 0.247. The molecular weight excluding hydrogens is 305 g/mol. The quantitative estimate of drug-likeness (QED) is 0.866. The summed E-state index contributed by atoms with van der Waals surface area (Å²) in [5.74, 6) is -0.298. The van der Waals surface area contributed by atoms with Gasteiger partial charge in [-0.25, -0.2) is 12.8 Å². The highest BCUT2D eigenvalue weighted by Crippen LogP contribution is 2.25. The molecule has 1 aromatic carbocycles. The van der Waals surface area contributed by atoms with E-state index in [0.717, 1.165) is 19.4 Å². The van der Waals surface area contributed by atoms with Crippen LogP contribution in [0, 0.1) is 11.7 Å². The molecule has 3 rings (SSSR count). The molecule has 2 aromatic rings. The molecule has 0 amide bonds. The predicted molar refractivity (Wildman–Crippen MR) is 80.1 cm³/mol. The van der Waals surface area contributed by atoms with Crippen molar-refractivity contribution in [3.8, 4) is 0 Å². The lowest BCUT2D eigenvalue weighted by atomic mass is 9.98. The van der Waals surface area contributed by atoms with Crippen LogP contribution < -0.4 is 0 Å². The summed E-state index contributed by atoms with van der Waals surface area (Å²) >= 11 is 0. The normalized spacial score (nSPS) is 17.7. The number of rotatable bonds is 4. The van der Waals surface area contributed by atoms with E-state index in [4.69, 9.17) is 0 Å². The third-order valence-electron chi connectivity index (χ3n) is 4.03. The number of hydrogen-bond acceptors (Lipinski definition) is 3. The van der Waals surface area contributed by atoms with Crippen molar-refractivity contribution in [2.45, 2.75) is 24.3 Å². The zero-order chi connectivity index (χ0) is 15.6. The van der Waals surface area contributed by atoms with Gasteiger partial charge in [-0.15, -0.1) is 0 Å². The van der Waals surface area contributed by atoms with Gasteiger partial charge < -0.3 is 0 Å². The molecule has 0 saturated carbocycles. The first kappa shape index (κ1) is 15.2. The summed E-state index contributed by atoms with van der Waals surface area (Å²) in [7, 11) is -3.74. The molecule has 1 aliphatic rings. The van der Waals surface area contributed by atoms with E-state index >= 15 is 0 Å². The molecule has 0 N–H and O–H groups in total. The Morgan fingerprint density at radius 2 is 1.91 bits per heavy atom. The van der Waals surface area contributed by atoms with E-state index in [-0.39, 0.29) is 4.90 Å². The van der Waals surface area contributed by atoms with Crippen molar-refractivity contribution in [2.75, 3.05) is 13.1 Å². The van der Waals surface area contributed by atoms with Gasteiger partial charge in [0.15, 0.2) is 0 Å². The number of sulfonamides is 1. The molecule has 0 bridgehead atoms. The van der Waals surface area contributed by atoms with Gasteiger partial charge in [-0.05, 0) is 37.0 Å². The molecule has 0 spiro atoms. The molecule has 1 aliphatic heterocycles. The Labute approximate surface area is 129 Å². The Morgan fingerprint density at radius 1 is 1.18 bits per heavy atom. The average molecular weight is 323 g/mol. The first-order valence-electron chi connectivity index (χ1n) is 7.29. The molecular formula is C15H18FN3O2S. The number of halogens is 1. The maximum atomic E-state index is 13.8. The molecule has 0 aliphatic carbocycles. The SMILES string of the molecule is O=S(=O)(c1ccccc1F)N1CCC(Cn2cccn2)CC1. The van der Waals surface area contributed by atoms with Crippen LogP contribution in [0.25, 0.3) is 0 Å². The van der Waals surface area contributed by atoms with Gasteiger partial charge in [0.05, 0.1) is 0 Å². The monoisotopic (exact) mass is 323 g/mol. The summed E-state index contributed by atoms with van der Waals surface area (Å²) in [4.78, 5) is -0.236. The predicted octanol–water partition coefficient (Wildman–Crippen LogP) is 2.12. The molecule has 0 unspecified atom stereocenters. The van der Waals surface area contributed by atoms with Crippen LogP contribution >= 0.6 is 0 Å². The third-order valence-corrected chi connectivity index (χ3v) is 5.96. The summed E-state index contributed by atoms with van der Waals surface area (Å²) in [6.45, 7) is 1.63. The molecule has 1 fully saturated rings. The first-order chi connectivity index (χ1) is 10.6. The molecule has 1 saturated heterocycles. The van der Waals surface area contributed by atoms with E-state index in [1.807, 2.05) is 16.9 Å². The highest BCUT2D eigenvalue weighted by molar-refractivity contribution is 7.89. The van der Waals surface area contributed by atoms with Gasteiger partial charge in [0.25, 0.3) is 0 Å². The Morgan fingerprint density at radius 3 is 2.55 bits per heavy atom. The maximum absolute atomic E-state index is 13.8. The highest BCUT2D eigenvalue weighted by atomic mass is 32.2.